The predicted molar refractivity (Wildman–Crippen MR) is 224 cm³/mol. The molecule has 2 aliphatic heterocycles. The third-order valence-corrected chi connectivity index (χ3v) is 12.3. The number of benzene rings is 2. The molecule has 2 amide bonds. The molecule has 2 N–H and O–H groups in total. The minimum Gasteiger partial charge on any atom is -0.476 e. The second kappa shape index (κ2) is 21.4. The molecule has 3 saturated carbocycles. The molecule has 16 heteroatoms. The Morgan fingerprint density at radius 1 is 0.710 bits per heavy atom. The first-order valence-corrected chi connectivity index (χ1v) is 22.0. The van der Waals surface area contributed by atoms with Gasteiger partial charge in [-0.05, 0) is 87.3 Å². The van der Waals surface area contributed by atoms with Crippen LogP contribution in [0.1, 0.15) is 102 Å². The summed E-state index contributed by atoms with van der Waals surface area (Å²) in [4.78, 5) is 86.9. The minimum absolute atomic E-state index is 0.00107. The van der Waals surface area contributed by atoms with Crippen LogP contribution in [-0.4, -0.2) is 119 Å². The second-order valence-corrected chi connectivity index (χ2v) is 16.5. The molecule has 2 heterocycles. The summed E-state index contributed by atoms with van der Waals surface area (Å²) in [7, 11) is 0. The molecular formula is C46H56N4O12. The molecule has 62 heavy (non-hydrogen) atoms. The fourth-order valence-corrected chi connectivity index (χ4v) is 8.99. The molecule has 3 aliphatic carbocycles. The molecular weight excluding hydrogens is 801 g/mol. The van der Waals surface area contributed by atoms with Crippen molar-refractivity contribution >= 4 is 47.8 Å². The Bertz CT molecular complexity index is 2020. The minimum atomic E-state index is -1.33. The predicted octanol–water partition coefficient (Wildman–Crippen LogP) is 4.15. The molecule has 3 fully saturated rings. The number of nitrogens with zero attached hydrogens (tertiary/aromatic N) is 2. The van der Waals surface area contributed by atoms with E-state index in [1.54, 1.807) is 36.4 Å². The highest BCUT2D eigenvalue weighted by Crippen LogP contribution is 2.39. The lowest BCUT2D eigenvalue weighted by molar-refractivity contribution is -0.174. The number of carbonyl (C=O) groups excluding carboxylic acids is 6. The number of hydrogen-bond acceptors (Lipinski definition) is 14. The third-order valence-electron chi connectivity index (χ3n) is 12.3. The van der Waals surface area contributed by atoms with Gasteiger partial charge in [0.1, 0.15) is 38.1 Å². The smallest absolute Gasteiger partial charge is 0.312 e. The monoisotopic (exact) mass is 856 g/mol. The SMILES string of the molecule is O=CC1(OCC2CCC(OC(=O)C3CCCCC3C(=O)OCCNC(=O)c3cccc(C4=NCCO4)c3)C2)CCCCC1C(=O)OCCNC(=O)c1cccc(C2=NCCO2)c1. The molecule has 7 rings (SSSR count). The van der Waals surface area contributed by atoms with Gasteiger partial charge in [0.2, 0.25) is 11.8 Å². The van der Waals surface area contributed by atoms with Crippen LogP contribution in [0.3, 0.4) is 0 Å². The molecule has 0 saturated heterocycles. The molecule has 0 radical (unpaired) electrons. The number of hydrogen-bond donors (Lipinski definition) is 2. The lowest BCUT2D eigenvalue weighted by atomic mass is 9.76. The van der Waals surface area contributed by atoms with Crippen LogP contribution in [0.25, 0.3) is 0 Å². The molecule has 6 unspecified atom stereocenters. The van der Waals surface area contributed by atoms with E-state index >= 15 is 0 Å². The van der Waals surface area contributed by atoms with E-state index in [-0.39, 0.29) is 56.7 Å². The number of aliphatic imine (C=N–C) groups is 2. The Hall–Kier alpha value is -5.64. The maximum atomic E-state index is 13.5. The zero-order valence-corrected chi connectivity index (χ0v) is 35.0. The van der Waals surface area contributed by atoms with Crippen LogP contribution in [0.4, 0.5) is 0 Å². The van der Waals surface area contributed by atoms with Crippen molar-refractivity contribution in [3.63, 3.8) is 0 Å². The standard InChI is InChI=1S/C46H56N4O12/c51-29-46(16-4-3-13-38(46)45(56)60-24-18-48-40(53)32-8-6-10-34(27-32)42-50-20-22-58-42)61-28-30-14-15-35(25-30)62-44(55)37-12-2-1-11-36(37)43(54)59-23-17-47-39(52)31-7-5-9-33(26-31)41-49-19-21-57-41/h5-10,26-27,29-30,35-38H,1-4,11-25,28H2,(H,47,52)(H,48,53). The van der Waals surface area contributed by atoms with Gasteiger partial charge in [-0.25, -0.2) is 9.98 Å². The lowest BCUT2D eigenvalue weighted by Crippen LogP contribution is -2.50. The third kappa shape index (κ3) is 11.2. The number of amides is 2. The quantitative estimate of drug-likeness (QED) is 0.0939. The molecule has 2 aromatic rings. The van der Waals surface area contributed by atoms with Gasteiger partial charge in [0, 0.05) is 22.3 Å². The summed E-state index contributed by atoms with van der Waals surface area (Å²) in [5.74, 6) is -3.10. The van der Waals surface area contributed by atoms with Gasteiger partial charge in [-0.15, -0.1) is 0 Å². The lowest BCUT2D eigenvalue weighted by Gasteiger charge is -2.39. The summed E-state index contributed by atoms with van der Waals surface area (Å²) in [6.07, 6.45) is 7.14. The highest BCUT2D eigenvalue weighted by molar-refractivity contribution is 6.01. The van der Waals surface area contributed by atoms with Crippen LogP contribution >= 0.6 is 0 Å². The zero-order valence-electron chi connectivity index (χ0n) is 35.0. The fraction of sp³-hybridized carbons (Fsp3) is 0.565. The van der Waals surface area contributed by atoms with E-state index < -0.39 is 41.3 Å². The molecule has 0 bridgehead atoms. The number of nitrogens with one attached hydrogen (secondary N) is 2. The van der Waals surface area contributed by atoms with Crippen LogP contribution in [-0.2, 0) is 47.6 Å². The Kier molecular flexibility index (Phi) is 15.4. The number of carbonyl (C=O) groups is 6. The van der Waals surface area contributed by atoms with Gasteiger partial charge < -0.3 is 43.8 Å². The average molecular weight is 857 g/mol. The topological polar surface area (TPSA) is 207 Å². The van der Waals surface area contributed by atoms with Crippen molar-refractivity contribution in [1.29, 1.82) is 0 Å². The van der Waals surface area contributed by atoms with Gasteiger partial charge in [0.25, 0.3) is 11.8 Å². The summed E-state index contributed by atoms with van der Waals surface area (Å²) >= 11 is 0. The molecule has 0 spiro atoms. The van der Waals surface area contributed by atoms with E-state index in [1.807, 2.05) is 12.1 Å². The van der Waals surface area contributed by atoms with Crippen molar-refractivity contribution in [2.24, 2.45) is 33.7 Å². The van der Waals surface area contributed by atoms with Crippen molar-refractivity contribution in [3.05, 3.63) is 70.8 Å². The van der Waals surface area contributed by atoms with Gasteiger partial charge in [-0.3, -0.25) is 24.0 Å². The normalized spacial score (nSPS) is 25.6. The first kappa shape index (κ1) is 44.4. The van der Waals surface area contributed by atoms with Crippen molar-refractivity contribution in [1.82, 2.24) is 10.6 Å². The average Bonchev–Trinajstić information content (AvgIpc) is 4.14. The van der Waals surface area contributed by atoms with Crippen LogP contribution in [0.2, 0.25) is 0 Å². The first-order valence-electron chi connectivity index (χ1n) is 22.0. The Morgan fingerprint density at radius 2 is 1.29 bits per heavy atom. The fourth-order valence-electron chi connectivity index (χ4n) is 8.99. The van der Waals surface area contributed by atoms with Gasteiger partial charge >= 0.3 is 17.9 Å². The number of esters is 3. The molecule has 332 valence electrons. The summed E-state index contributed by atoms with van der Waals surface area (Å²) in [6.45, 7) is 2.49. The summed E-state index contributed by atoms with van der Waals surface area (Å²) in [5.41, 5.74) is 0.970. The highest BCUT2D eigenvalue weighted by atomic mass is 16.6. The molecule has 6 atom stereocenters. The summed E-state index contributed by atoms with van der Waals surface area (Å²) < 4.78 is 34.4. The Morgan fingerprint density at radius 3 is 1.87 bits per heavy atom. The van der Waals surface area contributed by atoms with Crippen molar-refractivity contribution in [2.45, 2.75) is 82.3 Å². The van der Waals surface area contributed by atoms with E-state index in [0.717, 1.165) is 37.5 Å². The van der Waals surface area contributed by atoms with E-state index in [0.29, 0.717) is 99.7 Å². The van der Waals surface area contributed by atoms with Crippen molar-refractivity contribution < 1.29 is 57.2 Å². The maximum Gasteiger partial charge on any atom is 0.312 e. The van der Waals surface area contributed by atoms with Crippen LogP contribution < -0.4 is 10.6 Å². The highest BCUT2D eigenvalue weighted by Gasteiger charge is 2.48. The van der Waals surface area contributed by atoms with E-state index in [1.165, 1.54) is 0 Å². The van der Waals surface area contributed by atoms with Crippen molar-refractivity contribution in [2.75, 3.05) is 59.2 Å². The first-order chi connectivity index (χ1) is 30.2. The van der Waals surface area contributed by atoms with Gasteiger partial charge in [0.05, 0.1) is 50.5 Å². The maximum absolute atomic E-state index is 13.5. The number of aldehydes is 1. The van der Waals surface area contributed by atoms with Crippen LogP contribution in [0, 0.1) is 23.7 Å². The second-order valence-electron chi connectivity index (χ2n) is 16.5. The van der Waals surface area contributed by atoms with Gasteiger partial charge in [-0.2, -0.15) is 0 Å². The Labute approximate surface area is 360 Å². The number of ether oxygens (including phenoxy) is 6. The molecule has 2 aromatic carbocycles. The summed E-state index contributed by atoms with van der Waals surface area (Å²) in [5, 5.41) is 5.54. The van der Waals surface area contributed by atoms with E-state index in [2.05, 4.69) is 20.6 Å². The van der Waals surface area contributed by atoms with Gasteiger partial charge in [-0.1, -0.05) is 37.8 Å². The largest absolute Gasteiger partial charge is 0.476 e. The van der Waals surface area contributed by atoms with E-state index in [4.69, 9.17) is 28.4 Å². The zero-order chi connectivity index (χ0) is 43.3. The van der Waals surface area contributed by atoms with Crippen LogP contribution in [0.5, 0.6) is 0 Å². The molecule has 0 aromatic heterocycles. The summed E-state index contributed by atoms with van der Waals surface area (Å²) in [6, 6.07) is 13.9. The van der Waals surface area contributed by atoms with E-state index in [9.17, 15) is 28.8 Å². The van der Waals surface area contributed by atoms with Crippen molar-refractivity contribution in [3.8, 4) is 0 Å². The number of rotatable bonds is 18. The molecule has 16 nitrogen and oxygen atoms in total. The van der Waals surface area contributed by atoms with Gasteiger partial charge in [0.15, 0.2) is 6.29 Å². The molecule has 5 aliphatic rings. The van der Waals surface area contributed by atoms with Crippen LogP contribution in [0.15, 0.2) is 58.5 Å². The Balaban J connectivity index is 0.824.